The van der Waals surface area contributed by atoms with Gasteiger partial charge in [0.05, 0.1) is 6.10 Å². The van der Waals surface area contributed by atoms with Gasteiger partial charge in [0, 0.05) is 37.6 Å². The summed E-state index contributed by atoms with van der Waals surface area (Å²) in [5.74, 6) is -2.02. The van der Waals surface area contributed by atoms with E-state index in [1.807, 2.05) is 12.1 Å². The summed E-state index contributed by atoms with van der Waals surface area (Å²) >= 11 is 0. The smallest absolute Gasteiger partial charge is 0.303 e. The second kappa shape index (κ2) is 8.06. The fourth-order valence-corrected chi connectivity index (χ4v) is 3.79. The zero-order valence-corrected chi connectivity index (χ0v) is 15.1. The normalized spacial score (nSPS) is 23.1. The number of fused-ring (bicyclic) bond motifs is 1. The molecular weight excluding hydrogens is 350 g/mol. The summed E-state index contributed by atoms with van der Waals surface area (Å²) < 4.78 is 5.76. The zero-order valence-electron chi connectivity index (χ0n) is 15.1. The summed E-state index contributed by atoms with van der Waals surface area (Å²) in [6.07, 6.45) is 2.31. The average Bonchev–Trinajstić information content (AvgIpc) is 2.93. The number of carboxylic acid groups (broad SMARTS) is 1. The second-order valence-electron chi connectivity index (χ2n) is 7.19. The molecule has 0 saturated carbocycles. The Hall–Kier alpha value is -2.45. The minimum absolute atomic E-state index is 0.000366. The van der Waals surface area contributed by atoms with Crippen molar-refractivity contribution in [2.24, 2.45) is 11.5 Å². The average molecular weight is 375 g/mol. The van der Waals surface area contributed by atoms with E-state index in [1.54, 1.807) is 6.07 Å². The Kier molecular flexibility index (Phi) is 5.76. The van der Waals surface area contributed by atoms with E-state index in [0.29, 0.717) is 18.6 Å². The molecule has 2 aliphatic rings. The highest BCUT2D eigenvalue weighted by molar-refractivity contribution is 6.01. The van der Waals surface area contributed by atoms with Gasteiger partial charge in [0.25, 0.3) is 5.91 Å². The van der Waals surface area contributed by atoms with Crippen LogP contribution < -0.4 is 11.5 Å². The van der Waals surface area contributed by atoms with Crippen molar-refractivity contribution < 1.29 is 24.2 Å². The quantitative estimate of drug-likeness (QED) is 0.631. The summed E-state index contributed by atoms with van der Waals surface area (Å²) in [6.45, 7) is 0.951. The van der Waals surface area contributed by atoms with Crippen molar-refractivity contribution in [2.45, 2.75) is 56.8 Å². The Balaban J connectivity index is 1.74. The monoisotopic (exact) mass is 375 g/mol. The SMILES string of the molecule is NC(=O)C(CCC(=O)O)N1Cc2cc(C[C@H]3OCCC[C@@H]3N)ccc2C1=O. The Morgan fingerprint density at radius 2 is 2.15 bits per heavy atom. The largest absolute Gasteiger partial charge is 0.481 e. The van der Waals surface area contributed by atoms with E-state index in [0.717, 1.165) is 24.0 Å². The van der Waals surface area contributed by atoms with Gasteiger partial charge in [0.2, 0.25) is 5.91 Å². The first kappa shape index (κ1) is 19.3. The number of carbonyl (C=O) groups excluding carboxylic acids is 2. The fourth-order valence-electron chi connectivity index (χ4n) is 3.79. The van der Waals surface area contributed by atoms with E-state index >= 15 is 0 Å². The molecule has 3 rings (SSSR count). The number of ether oxygens (including phenoxy) is 1. The third-order valence-electron chi connectivity index (χ3n) is 5.27. The van der Waals surface area contributed by atoms with Crippen molar-refractivity contribution in [3.8, 4) is 0 Å². The molecule has 2 heterocycles. The number of nitrogens with two attached hydrogens (primary N) is 2. The maximum absolute atomic E-state index is 12.7. The highest BCUT2D eigenvalue weighted by Crippen LogP contribution is 2.28. The first-order valence-corrected chi connectivity index (χ1v) is 9.18. The van der Waals surface area contributed by atoms with Gasteiger partial charge < -0.3 is 26.2 Å². The summed E-state index contributed by atoms with van der Waals surface area (Å²) in [5.41, 5.74) is 13.9. The van der Waals surface area contributed by atoms with Crippen LogP contribution in [-0.4, -0.2) is 52.6 Å². The van der Waals surface area contributed by atoms with Crippen LogP contribution in [-0.2, 0) is 27.3 Å². The molecule has 0 spiro atoms. The molecule has 5 N–H and O–H groups in total. The third kappa shape index (κ3) is 4.28. The van der Waals surface area contributed by atoms with Crippen LogP contribution in [0.1, 0.15) is 47.2 Å². The highest BCUT2D eigenvalue weighted by atomic mass is 16.5. The second-order valence-corrected chi connectivity index (χ2v) is 7.19. The molecule has 1 saturated heterocycles. The third-order valence-corrected chi connectivity index (χ3v) is 5.27. The Morgan fingerprint density at radius 1 is 1.37 bits per heavy atom. The van der Waals surface area contributed by atoms with Gasteiger partial charge in [-0.15, -0.1) is 0 Å². The minimum Gasteiger partial charge on any atom is -0.481 e. The van der Waals surface area contributed by atoms with E-state index in [2.05, 4.69) is 0 Å². The molecule has 2 aliphatic heterocycles. The minimum atomic E-state index is -1.03. The molecule has 0 aromatic heterocycles. The topological polar surface area (TPSA) is 136 Å². The number of carbonyl (C=O) groups is 3. The van der Waals surface area contributed by atoms with Crippen molar-refractivity contribution in [1.29, 1.82) is 0 Å². The lowest BCUT2D eigenvalue weighted by molar-refractivity contribution is -0.137. The van der Waals surface area contributed by atoms with E-state index < -0.39 is 17.9 Å². The van der Waals surface area contributed by atoms with Gasteiger partial charge in [0.15, 0.2) is 0 Å². The summed E-state index contributed by atoms with van der Waals surface area (Å²) in [5, 5.41) is 8.86. The van der Waals surface area contributed by atoms with Crippen molar-refractivity contribution in [3.63, 3.8) is 0 Å². The molecule has 8 heteroatoms. The number of benzene rings is 1. The summed E-state index contributed by atoms with van der Waals surface area (Å²) in [7, 11) is 0. The number of aliphatic carboxylic acids is 1. The van der Waals surface area contributed by atoms with Crippen molar-refractivity contribution in [3.05, 3.63) is 34.9 Å². The molecule has 146 valence electrons. The molecule has 0 bridgehead atoms. The van der Waals surface area contributed by atoms with Gasteiger partial charge in [-0.2, -0.15) is 0 Å². The van der Waals surface area contributed by atoms with Crippen LogP contribution >= 0.6 is 0 Å². The van der Waals surface area contributed by atoms with Gasteiger partial charge >= 0.3 is 5.97 Å². The molecule has 8 nitrogen and oxygen atoms in total. The van der Waals surface area contributed by atoms with Crippen molar-refractivity contribution in [1.82, 2.24) is 4.90 Å². The maximum atomic E-state index is 12.7. The maximum Gasteiger partial charge on any atom is 0.303 e. The first-order valence-electron chi connectivity index (χ1n) is 9.18. The number of rotatable bonds is 7. The first-order chi connectivity index (χ1) is 12.9. The highest BCUT2D eigenvalue weighted by Gasteiger charge is 2.36. The molecule has 27 heavy (non-hydrogen) atoms. The Bertz CT molecular complexity index is 751. The predicted molar refractivity (Wildman–Crippen MR) is 96.8 cm³/mol. The Morgan fingerprint density at radius 3 is 2.81 bits per heavy atom. The fraction of sp³-hybridized carbons (Fsp3) is 0.526. The van der Waals surface area contributed by atoms with Gasteiger partial charge in [-0.25, -0.2) is 0 Å². The van der Waals surface area contributed by atoms with Gasteiger partial charge in [-0.05, 0) is 36.5 Å². The van der Waals surface area contributed by atoms with E-state index in [9.17, 15) is 14.4 Å². The van der Waals surface area contributed by atoms with Gasteiger partial charge in [-0.1, -0.05) is 12.1 Å². The van der Waals surface area contributed by atoms with Crippen LogP contribution in [0.5, 0.6) is 0 Å². The van der Waals surface area contributed by atoms with Crippen molar-refractivity contribution in [2.75, 3.05) is 6.61 Å². The molecule has 3 atom stereocenters. The van der Waals surface area contributed by atoms with E-state index in [1.165, 1.54) is 4.90 Å². The van der Waals surface area contributed by atoms with Crippen LogP contribution in [0.25, 0.3) is 0 Å². The number of carboxylic acids is 1. The molecule has 1 fully saturated rings. The molecule has 2 amide bonds. The van der Waals surface area contributed by atoms with Crippen LogP contribution in [0.4, 0.5) is 0 Å². The van der Waals surface area contributed by atoms with Gasteiger partial charge in [-0.3, -0.25) is 14.4 Å². The van der Waals surface area contributed by atoms with Crippen LogP contribution in [0, 0.1) is 0 Å². The van der Waals surface area contributed by atoms with Crippen molar-refractivity contribution >= 4 is 17.8 Å². The number of hydrogen-bond donors (Lipinski definition) is 3. The lowest BCUT2D eigenvalue weighted by Crippen LogP contribution is -2.45. The molecule has 1 aromatic rings. The summed E-state index contributed by atoms with van der Waals surface area (Å²) in [4.78, 5) is 36.6. The number of hydrogen-bond acceptors (Lipinski definition) is 5. The van der Waals surface area contributed by atoms with Gasteiger partial charge in [0.1, 0.15) is 6.04 Å². The molecular formula is C19H25N3O5. The lowest BCUT2D eigenvalue weighted by Gasteiger charge is -2.29. The molecule has 0 aliphatic carbocycles. The lowest BCUT2D eigenvalue weighted by atomic mass is 9.95. The number of amides is 2. The van der Waals surface area contributed by atoms with Crippen LogP contribution in [0.15, 0.2) is 18.2 Å². The standard InChI is InChI=1S/C19H25N3O5/c20-14-2-1-7-27-16(14)9-11-3-4-13-12(8-11)10-22(19(13)26)15(18(21)25)5-6-17(23)24/h3-4,8,14-16H,1-2,5-7,9-10,20H2,(H2,21,25)(H,23,24)/t14-,15?,16+/m0/s1. The molecule has 1 unspecified atom stereocenters. The zero-order chi connectivity index (χ0) is 19.6. The van der Waals surface area contributed by atoms with Crippen LogP contribution in [0.3, 0.4) is 0 Å². The van der Waals surface area contributed by atoms with E-state index in [-0.39, 0.29) is 37.4 Å². The Labute approximate surface area is 157 Å². The van der Waals surface area contributed by atoms with Crippen LogP contribution in [0.2, 0.25) is 0 Å². The predicted octanol–water partition coefficient (Wildman–Crippen LogP) is 0.410. The number of nitrogens with zero attached hydrogens (tertiary/aromatic N) is 1. The summed E-state index contributed by atoms with van der Waals surface area (Å²) in [6, 6.07) is 4.63. The van der Waals surface area contributed by atoms with E-state index in [4.69, 9.17) is 21.3 Å². The number of primary amides is 1. The molecule has 0 radical (unpaired) electrons. The molecule has 1 aromatic carbocycles.